The molecule has 0 saturated heterocycles. The normalized spacial score (nSPS) is 13.1. The molecule has 2 aromatic heterocycles. The number of fused-ring (bicyclic) bond motifs is 1. The van der Waals surface area contributed by atoms with Gasteiger partial charge in [-0.1, -0.05) is 23.7 Å². The van der Waals surface area contributed by atoms with Crippen molar-refractivity contribution in [2.24, 2.45) is 0 Å². The van der Waals surface area contributed by atoms with Gasteiger partial charge in [0, 0.05) is 15.5 Å². The first-order valence-electron chi connectivity index (χ1n) is 8.97. The number of benzene rings is 1. The number of aryl methyl sites for hydroxylation is 1. The first-order valence-corrected chi connectivity index (χ1v) is 10.2. The Kier molecular flexibility index (Phi) is 5.24. The van der Waals surface area contributed by atoms with Gasteiger partial charge in [-0.25, -0.2) is 4.79 Å². The quantitative estimate of drug-likeness (QED) is 0.565. The lowest BCUT2D eigenvalue weighted by molar-refractivity contribution is 0.0601. The highest BCUT2D eigenvalue weighted by Gasteiger charge is 2.27. The molecule has 5 nitrogen and oxygen atoms in total. The first kappa shape index (κ1) is 18.8. The zero-order chi connectivity index (χ0) is 19.7. The molecule has 0 bridgehead atoms. The van der Waals surface area contributed by atoms with Gasteiger partial charge in [-0.2, -0.15) is 0 Å². The first-order chi connectivity index (χ1) is 13.6. The molecule has 0 saturated carbocycles. The molecule has 0 radical (unpaired) electrons. The minimum Gasteiger partial charge on any atom is -0.465 e. The van der Waals surface area contributed by atoms with E-state index in [1.54, 1.807) is 24.3 Å². The highest BCUT2D eigenvalue weighted by molar-refractivity contribution is 7.17. The number of ether oxygens (including phenoxy) is 1. The largest absolute Gasteiger partial charge is 0.465 e. The average Bonchev–Trinajstić information content (AvgIpc) is 3.32. The predicted molar refractivity (Wildman–Crippen MR) is 109 cm³/mol. The van der Waals surface area contributed by atoms with E-state index in [1.807, 2.05) is 12.1 Å². The van der Waals surface area contributed by atoms with Crippen LogP contribution in [0.1, 0.15) is 44.2 Å². The molecule has 144 valence electrons. The van der Waals surface area contributed by atoms with Crippen molar-refractivity contribution in [2.75, 3.05) is 12.4 Å². The van der Waals surface area contributed by atoms with Crippen molar-refractivity contribution in [2.45, 2.75) is 25.7 Å². The summed E-state index contributed by atoms with van der Waals surface area (Å²) in [5.41, 5.74) is 2.25. The number of furan rings is 1. The lowest BCUT2D eigenvalue weighted by Gasteiger charge is -2.11. The molecule has 4 rings (SSSR count). The summed E-state index contributed by atoms with van der Waals surface area (Å²) in [5, 5.41) is 3.94. The van der Waals surface area contributed by atoms with Crippen molar-refractivity contribution >= 4 is 39.8 Å². The highest BCUT2D eigenvalue weighted by atomic mass is 35.5. The zero-order valence-corrected chi connectivity index (χ0v) is 16.8. The minimum atomic E-state index is -0.422. The number of halogens is 1. The minimum absolute atomic E-state index is 0.164. The van der Waals surface area contributed by atoms with E-state index in [-0.39, 0.29) is 5.76 Å². The van der Waals surface area contributed by atoms with Gasteiger partial charge in [0.25, 0.3) is 5.91 Å². The molecule has 1 aliphatic carbocycles. The number of carbonyl (C=O) groups excluding carboxylic acids is 2. The third-order valence-corrected chi connectivity index (χ3v) is 6.17. The van der Waals surface area contributed by atoms with Gasteiger partial charge in [-0.15, -0.1) is 11.3 Å². The number of amides is 1. The van der Waals surface area contributed by atoms with Gasteiger partial charge in [0.15, 0.2) is 5.76 Å². The van der Waals surface area contributed by atoms with E-state index >= 15 is 0 Å². The van der Waals surface area contributed by atoms with Crippen LogP contribution in [0.25, 0.3) is 11.3 Å². The number of hydrogen-bond donors (Lipinski definition) is 1. The van der Waals surface area contributed by atoms with E-state index in [9.17, 15) is 9.59 Å². The highest BCUT2D eigenvalue weighted by Crippen LogP contribution is 2.39. The van der Waals surface area contributed by atoms with Crippen LogP contribution in [-0.4, -0.2) is 19.0 Å². The molecule has 7 heteroatoms. The number of carbonyl (C=O) groups is 2. The van der Waals surface area contributed by atoms with Gasteiger partial charge in [0.2, 0.25) is 0 Å². The van der Waals surface area contributed by atoms with Gasteiger partial charge in [0.1, 0.15) is 10.8 Å². The third-order valence-electron chi connectivity index (χ3n) is 4.73. The van der Waals surface area contributed by atoms with Crippen LogP contribution in [0.4, 0.5) is 5.00 Å². The fourth-order valence-electron chi connectivity index (χ4n) is 3.39. The van der Waals surface area contributed by atoms with Gasteiger partial charge in [-0.3, -0.25) is 4.79 Å². The van der Waals surface area contributed by atoms with E-state index in [0.717, 1.165) is 41.7 Å². The fourth-order valence-corrected chi connectivity index (χ4v) is 4.86. The Morgan fingerprint density at radius 1 is 1.18 bits per heavy atom. The number of hydrogen-bond acceptors (Lipinski definition) is 5. The topological polar surface area (TPSA) is 68.5 Å². The van der Waals surface area contributed by atoms with E-state index in [4.69, 9.17) is 20.8 Å². The van der Waals surface area contributed by atoms with Crippen LogP contribution in [0, 0.1) is 0 Å². The van der Waals surface area contributed by atoms with Crippen LogP contribution in [0.15, 0.2) is 40.8 Å². The molecule has 1 aromatic carbocycles. The van der Waals surface area contributed by atoms with Crippen molar-refractivity contribution < 1.29 is 18.7 Å². The second-order valence-electron chi connectivity index (χ2n) is 6.53. The summed E-state index contributed by atoms with van der Waals surface area (Å²) in [6.45, 7) is 0. The van der Waals surface area contributed by atoms with Crippen molar-refractivity contribution in [1.29, 1.82) is 0 Å². The molecular formula is C21H18ClNO4S. The second kappa shape index (κ2) is 7.81. The number of methoxy groups -OCH3 is 1. The van der Waals surface area contributed by atoms with Crippen LogP contribution in [0.5, 0.6) is 0 Å². The zero-order valence-electron chi connectivity index (χ0n) is 15.2. The van der Waals surface area contributed by atoms with Crippen LogP contribution in [0.2, 0.25) is 5.02 Å². The Labute approximate surface area is 171 Å². The van der Waals surface area contributed by atoms with Gasteiger partial charge >= 0.3 is 5.97 Å². The summed E-state index contributed by atoms with van der Waals surface area (Å²) in [7, 11) is 1.35. The number of esters is 1. The maximum atomic E-state index is 12.7. The smallest absolute Gasteiger partial charge is 0.341 e. The lowest BCUT2D eigenvalue weighted by Crippen LogP contribution is -2.14. The Bertz CT molecular complexity index is 1050. The number of nitrogens with one attached hydrogen (secondary N) is 1. The molecule has 0 fully saturated rings. The SMILES string of the molecule is COC(=O)c1c(NC(=O)c2ccc(-c3cccc(Cl)c3)o2)sc2c1CCCC2. The molecule has 0 atom stereocenters. The van der Waals surface area contributed by atoms with Crippen LogP contribution in [0.3, 0.4) is 0 Å². The maximum Gasteiger partial charge on any atom is 0.341 e. The van der Waals surface area contributed by atoms with E-state index in [0.29, 0.717) is 21.3 Å². The summed E-state index contributed by atoms with van der Waals surface area (Å²) < 4.78 is 10.6. The second-order valence-corrected chi connectivity index (χ2v) is 8.08. The fraction of sp³-hybridized carbons (Fsp3) is 0.238. The number of thiophene rings is 1. The van der Waals surface area contributed by atoms with Crippen molar-refractivity contribution in [3.8, 4) is 11.3 Å². The Morgan fingerprint density at radius 2 is 2.00 bits per heavy atom. The van der Waals surface area contributed by atoms with Crippen LogP contribution in [-0.2, 0) is 17.6 Å². The number of anilines is 1. The summed E-state index contributed by atoms with van der Waals surface area (Å²) in [6.07, 6.45) is 3.86. The summed E-state index contributed by atoms with van der Waals surface area (Å²) in [5.74, 6) is -0.116. The van der Waals surface area contributed by atoms with E-state index < -0.39 is 11.9 Å². The van der Waals surface area contributed by atoms with Gasteiger partial charge in [0.05, 0.1) is 12.7 Å². The van der Waals surface area contributed by atoms with Gasteiger partial charge < -0.3 is 14.5 Å². The van der Waals surface area contributed by atoms with Crippen LogP contribution < -0.4 is 5.32 Å². The van der Waals surface area contributed by atoms with E-state index in [2.05, 4.69) is 5.32 Å². The molecule has 0 spiro atoms. The molecule has 0 unspecified atom stereocenters. The molecule has 1 amide bonds. The summed E-state index contributed by atoms with van der Waals surface area (Å²) in [4.78, 5) is 26.2. The van der Waals surface area contributed by atoms with E-state index in [1.165, 1.54) is 18.4 Å². The Hall–Kier alpha value is -2.57. The molecular weight excluding hydrogens is 398 g/mol. The molecule has 28 heavy (non-hydrogen) atoms. The van der Waals surface area contributed by atoms with Gasteiger partial charge in [-0.05, 0) is 55.5 Å². The lowest BCUT2D eigenvalue weighted by atomic mass is 9.95. The monoisotopic (exact) mass is 415 g/mol. The summed E-state index contributed by atoms with van der Waals surface area (Å²) in [6, 6.07) is 10.5. The molecule has 1 N–H and O–H groups in total. The molecule has 3 aromatic rings. The number of rotatable bonds is 4. The third kappa shape index (κ3) is 3.57. The predicted octanol–water partition coefficient (Wildman–Crippen LogP) is 5.58. The Balaban J connectivity index is 1.61. The molecule has 2 heterocycles. The summed E-state index contributed by atoms with van der Waals surface area (Å²) >= 11 is 7.46. The molecule has 1 aliphatic rings. The maximum absolute atomic E-state index is 12.7. The Morgan fingerprint density at radius 3 is 2.79 bits per heavy atom. The van der Waals surface area contributed by atoms with Crippen molar-refractivity contribution in [3.63, 3.8) is 0 Å². The average molecular weight is 416 g/mol. The van der Waals surface area contributed by atoms with Crippen molar-refractivity contribution in [3.05, 3.63) is 63.2 Å². The standard InChI is InChI=1S/C21H18ClNO4S/c1-26-21(25)18-14-7-2-3-8-17(14)28-20(18)23-19(24)16-10-9-15(27-16)12-5-4-6-13(22)11-12/h4-6,9-11H,2-3,7-8H2,1H3,(H,23,24). The van der Waals surface area contributed by atoms with Crippen LogP contribution >= 0.6 is 22.9 Å². The molecule has 0 aliphatic heterocycles. The van der Waals surface area contributed by atoms with Crippen molar-refractivity contribution in [1.82, 2.24) is 0 Å².